The van der Waals surface area contributed by atoms with Crippen molar-refractivity contribution in [1.82, 2.24) is 10.6 Å². The molecule has 4 N–H and O–H groups in total. The van der Waals surface area contributed by atoms with Crippen LogP contribution in [0.3, 0.4) is 0 Å². The fraction of sp³-hybridized carbons (Fsp3) is 0.857. The third-order valence-electron chi connectivity index (χ3n) is 1.40. The smallest absolute Gasteiger partial charge is 0.221 e. The Hall–Kier alpha value is -0.650. The molecule has 0 aromatic carbocycles. The summed E-state index contributed by atoms with van der Waals surface area (Å²) in [5.74, 6) is -0.0408. The van der Waals surface area contributed by atoms with Crippen LogP contribution in [0, 0.1) is 0 Å². The van der Waals surface area contributed by atoms with Crippen LogP contribution >= 0.6 is 0 Å². The second kappa shape index (κ2) is 7.02. The lowest BCUT2D eigenvalue weighted by Gasteiger charge is -2.07. The molecule has 0 spiro atoms. The van der Waals surface area contributed by atoms with Crippen molar-refractivity contribution in [2.75, 3.05) is 26.7 Å². The van der Waals surface area contributed by atoms with Gasteiger partial charge in [0.1, 0.15) is 0 Å². The normalized spacial score (nSPS) is 12.6. The van der Waals surface area contributed by atoms with Crippen molar-refractivity contribution >= 4 is 5.91 Å². The number of carbonyl (C=O) groups is 1. The van der Waals surface area contributed by atoms with Gasteiger partial charge in [-0.15, -0.1) is 0 Å². The summed E-state index contributed by atoms with van der Waals surface area (Å²) in [7, 11) is 1.57. The van der Waals surface area contributed by atoms with Crippen molar-refractivity contribution in [1.29, 1.82) is 0 Å². The Balaban J connectivity index is 3.15. The average Bonchev–Trinajstić information content (AvgIpc) is 2.11. The molecular weight excluding hydrogens is 160 g/mol. The highest BCUT2D eigenvalue weighted by atomic mass is 16.3. The molecule has 1 atom stereocenters. The van der Waals surface area contributed by atoms with E-state index in [-0.39, 0.29) is 12.5 Å². The number of aliphatic hydroxyl groups is 2. The predicted octanol–water partition coefficient (Wildman–Crippen LogP) is -1.93. The van der Waals surface area contributed by atoms with Gasteiger partial charge >= 0.3 is 0 Å². The van der Waals surface area contributed by atoms with Gasteiger partial charge in [0, 0.05) is 26.6 Å². The van der Waals surface area contributed by atoms with Crippen LogP contribution in [-0.2, 0) is 4.79 Å². The zero-order valence-electron chi connectivity index (χ0n) is 7.21. The van der Waals surface area contributed by atoms with E-state index in [9.17, 15) is 4.79 Å². The molecule has 0 saturated heterocycles. The molecule has 0 rings (SSSR count). The highest BCUT2D eigenvalue weighted by molar-refractivity contribution is 5.75. The first-order valence-corrected chi connectivity index (χ1v) is 3.91. The van der Waals surface area contributed by atoms with Gasteiger partial charge in [-0.1, -0.05) is 0 Å². The molecule has 0 aromatic heterocycles. The topological polar surface area (TPSA) is 81.6 Å². The summed E-state index contributed by atoms with van der Waals surface area (Å²) >= 11 is 0. The van der Waals surface area contributed by atoms with Crippen LogP contribution in [0.4, 0.5) is 0 Å². The lowest BCUT2D eigenvalue weighted by molar-refractivity contribution is -0.120. The number of amides is 1. The van der Waals surface area contributed by atoms with E-state index in [0.717, 1.165) is 0 Å². The molecule has 0 aliphatic carbocycles. The number of aliphatic hydroxyl groups excluding tert-OH is 2. The van der Waals surface area contributed by atoms with Crippen molar-refractivity contribution in [2.24, 2.45) is 0 Å². The van der Waals surface area contributed by atoms with Crippen LogP contribution in [0.25, 0.3) is 0 Å². The molecule has 5 heteroatoms. The van der Waals surface area contributed by atoms with Crippen LogP contribution in [0.5, 0.6) is 0 Å². The third-order valence-corrected chi connectivity index (χ3v) is 1.40. The van der Waals surface area contributed by atoms with Crippen LogP contribution in [-0.4, -0.2) is 49.0 Å². The Morgan fingerprint density at radius 1 is 1.58 bits per heavy atom. The Morgan fingerprint density at radius 3 is 2.75 bits per heavy atom. The van der Waals surface area contributed by atoms with Gasteiger partial charge in [0.05, 0.1) is 12.7 Å². The van der Waals surface area contributed by atoms with Crippen molar-refractivity contribution in [3.63, 3.8) is 0 Å². The summed E-state index contributed by atoms with van der Waals surface area (Å²) in [6.45, 7) is 0.567. The average molecular weight is 176 g/mol. The Kier molecular flexibility index (Phi) is 6.64. The fourth-order valence-corrected chi connectivity index (χ4v) is 0.660. The molecule has 72 valence electrons. The van der Waals surface area contributed by atoms with Crippen LogP contribution in [0.2, 0.25) is 0 Å². The van der Waals surface area contributed by atoms with Gasteiger partial charge in [0.25, 0.3) is 0 Å². The molecule has 0 heterocycles. The first-order valence-electron chi connectivity index (χ1n) is 3.91. The zero-order valence-corrected chi connectivity index (χ0v) is 7.21. The van der Waals surface area contributed by atoms with Gasteiger partial charge in [0.2, 0.25) is 5.91 Å². The molecule has 1 amide bonds. The SMILES string of the molecule is CNC(=O)CCNC[C@H](O)CO. The van der Waals surface area contributed by atoms with Crippen molar-refractivity contribution in [3.05, 3.63) is 0 Å². The van der Waals surface area contributed by atoms with Gasteiger partial charge in [-0.05, 0) is 0 Å². The van der Waals surface area contributed by atoms with E-state index in [4.69, 9.17) is 10.2 Å². The zero-order chi connectivity index (χ0) is 9.40. The molecule has 0 unspecified atom stereocenters. The Bertz CT molecular complexity index is 130. The molecule has 0 aromatic rings. The van der Waals surface area contributed by atoms with Crippen LogP contribution in [0.15, 0.2) is 0 Å². The maximum atomic E-state index is 10.7. The summed E-state index contributed by atoms with van der Waals surface area (Å²) in [6.07, 6.45) is -0.357. The van der Waals surface area contributed by atoms with E-state index in [1.165, 1.54) is 0 Å². The van der Waals surface area contributed by atoms with E-state index in [2.05, 4.69) is 10.6 Å². The minimum atomic E-state index is -0.741. The van der Waals surface area contributed by atoms with E-state index in [1.807, 2.05) is 0 Å². The maximum absolute atomic E-state index is 10.7. The minimum absolute atomic E-state index is 0.0408. The largest absolute Gasteiger partial charge is 0.394 e. The van der Waals surface area contributed by atoms with E-state index >= 15 is 0 Å². The van der Waals surface area contributed by atoms with Crippen molar-refractivity contribution in [3.8, 4) is 0 Å². The first kappa shape index (κ1) is 11.4. The second-order valence-corrected chi connectivity index (χ2v) is 2.46. The summed E-state index contributed by atoms with van der Waals surface area (Å²) in [4.78, 5) is 10.7. The predicted molar refractivity (Wildman–Crippen MR) is 44.6 cm³/mol. The van der Waals surface area contributed by atoms with Crippen molar-refractivity contribution < 1.29 is 15.0 Å². The molecule has 0 fully saturated rings. The quantitative estimate of drug-likeness (QED) is 0.355. The van der Waals surface area contributed by atoms with Gasteiger partial charge in [0.15, 0.2) is 0 Å². The number of hydrogen-bond donors (Lipinski definition) is 4. The lowest BCUT2D eigenvalue weighted by atomic mass is 10.3. The highest BCUT2D eigenvalue weighted by Crippen LogP contribution is 1.79. The molecule has 5 nitrogen and oxygen atoms in total. The fourth-order valence-electron chi connectivity index (χ4n) is 0.660. The minimum Gasteiger partial charge on any atom is -0.394 e. The summed E-state index contributed by atoms with van der Waals surface area (Å²) in [5.41, 5.74) is 0. The van der Waals surface area contributed by atoms with Gasteiger partial charge in [-0.3, -0.25) is 4.79 Å². The van der Waals surface area contributed by atoms with Crippen LogP contribution < -0.4 is 10.6 Å². The molecular formula is C7H16N2O3. The van der Waals surface area contributed by atoms with Gasteiger partial charge in [-0.25, -0.2) is 0 Å². The summed E-state index contributed by atoms with van der Waals surface area (Å²) in [5, 5.41) is 22.6. The van der Waals surface area contributed by atoms with E-state index in [1.54, 1.807) is 7.05 Å². The molecule has 0 aliphatic rings. The molecule has 0 aliphatic heterocycles. The van der Waals surface area contributed by atoms with E-state index < -0.39 is 6.10 Å². The van der Waals surface area contributed by atoms with Gasteiger partial charge in [-0.2, -0.15) is 0 Å². The highest BCUT2D eigenvalue weighted by Gasteiger charge is 2.01. The first-order chi connectivity index (χ1) is 5.70. The maximum Gasteiger partial charge on any atom is 0.221 e. The number of nitrogens with one attached hydrogen (secondary N) is 2. The molecule has 0 radical (unpaired) electrons. The lowest BCUT2D eigenvalue weighted by Crippen LogP contribution is -2.32. The molecule has 0 bridgehead atoms. The third kappa shape index (κ3) is 6.09. The number of hydrogen-bond acceptors (Lipinski definition) is 4. The van der Waals surface area contributed by atoms with Crippen molar-refractivity contribution in [2.45, 2.75) is 12.5 Å². The Labute approximate surface area is 71.8 Å². The number of carbonyl (C=O) groups excluding carboxylic acids is 1. The monoisotopic (exact) mass is 176 g/mol. The standard InChI is InChI=1S/C7H16N2O3/c1-8-7(12)2-3-9-4-6(11)5-10/h6,9-11H,2-5H2,1H3,(H,8,12)/t6-/m0/s1. The Morgan fingerprint density at radius 2 is 2.25 bits per heavy atom. The number of rotatable bonds is 6. The summed E-state index contributed by atoms with van der Waals surface area (Å²) < 4.78 is 0. The van der Waals surface area contributed by atoms with E-state index in [0.29, 0.717) is 19.5 Å². The molecule has 0 saturated carbocycles. The van der Waals surface area contributed by atoms with Gasteiger partial charge < -0.3 is 20.8 Å². The molecule has 12 heavy (non-hydrogen) atoms. The van der Waals surface area contributed by atoms with Crippen LogP contribution in [0.1, 0.15) is 6.42 Å². The second-order valence-electron chi connectivity index (χ2n) is 2.46. The summed E-state index contributed by atoms with van der Waals surface area (Å²) in [6, 6.07) is 0.